The third-order valence-electron chi connectivity index (χ3n) is 3.04. The van der Waals surface area contributed by atoms with E-state index >= 15 is 0 Å². The van der Waals surface area contributed by atoms with Crippen LogP contribution >= 0.6 is 0 Å². The molecule has 0 spiro atoms. The van der Waals surface area contributed by atoms with E-state index in [1.807, 2.05) is 32.9 Å². The van der Waals surface area contributed by atoms with Gasteiger partial charge in [-0.25, -0.2) is 8.42 Å². The van der Waals surface area contributed by atoms with E-state index in [4.69, 9.17) is 10.5 Å². The Kier molecular flexibility index (Phi) is 5.97. The molecule has 1 atom stereocenters. The molecule has 1 aromatic rings. The highest BCUT2D eigenvalue weighted by atomic mass is 32.2. The summed E-state index contributed by atoms with van der Waals surface area (Å²) >= 11 is 0. The lowest BCUT2D eigenvalue weighted by Gasteiger charge is -2.15. The molecule has 0 aliphatic rings. The number of nitrogens with two attached hydrogens (primary N) is 1. The van der Waals surface area contributed by atoms with Crippen LogP contribution in [0, 0.1) is 13.8 Å². The van der Waals surface area contributed by atoms with Gasteiger partial charge in [0.1, 0.15) is 0 Å². The summed E-state index contributed by atoms with van der Waals surface area (Å²) in [5, 5.41) is 0. The third kappa shape index (κ3) is 4.60. The SMILES string of the molecule is CCOC(CN)CCS(=O)(=O)c1ccc(C)cc1C. The molecule has 1 rings (SSSR count). The van der Waals surface area contributed by atoms with Crippen molar-refractivity contribution < 1.29 is 13.2 Å². The number of hydrogen-bond acceptors (Lipinski definition) is 4. The highest BCUT2D eigenvalue weighted by Gasteiger charge is 2.19. The summed E-state index contributed by atoms with van der Waals surface area (Å²) in [6.07, 6.45) is 0.241. The van der Waals surface area contributed by atoms with Gasteiger partial charge in [0.15, 0.2) is 9.84 Å². The zero-order chi connectivity index (χ0) is 14.5. The van der Waals surface area contributed by atoms with Crippen molar-refractivity contribution >= 4 is 9.84 Å². The van der Waals surface area contributed by atoms with Gasteiger partial charge >= 0.3 is 0 Å². The largest absolute Gasteiger partial charge is 0.377 e. The molecule has 0 heterocycles. The maximum absolute atomic E-state index is 12.3. The molecule has 5 heteroatoms. The lowest BCUT2D eigenvalue weighted by atomic mass is 10.2. The van der Waals surface area contributed by atoms with E-state index in [-0.39, 0.29) is 11.9 Å². The van der Waals surface area contributed by atoms with Crippen molar-refractivity contribution in [1.82, 2.24) is 0 Å². The molecule has 0 saturated heterocycles. The van der Waals surface area contributed by atoms with E-state index in [0.717, 1.165) is 11.1 Å². The van der Waals surface area contributed by atoms with Crippen LogP contribution in [-0.4, -0.2) is 33.4 Å². The van der Waals surface area contributed by atoms with Crippen LogP contribution in [-0.2, 0) is 14.6 Å². The normalized spacial score (nSPS) is 13.5. The van der Waals surface area contributed by atoms with Gasteiger partial charge in [0.2, 0.25) is 0 Å². The van der Waals surface area contributed by atoms with Crippen LogP contribution in [0.3, 0.4) is 0 Å². The molecule has 0 aliphatic carbocycles. The molecule has 1 aromatic carbocycles. The molecule has 0 radical (unpaired) electrons. The summed E-state index contributed by atoms with van der Waals surface area (Å²) in [6, 6.07) is 5.39. The molecule has 0 saturated carbocycles. The maximum Gasteiger partial charge on any atom is 0.178 e. The van der Waals surface area contributed by atoms with Crippen molar-refractivity contribution in [2.45, 2.75) is 38.2 Å². The lowest BCUT2D eigenvalue weighted by Crippen LogP contribution is -2.26. The number of hydrogen-bond donors (Lipinski definition) is 1. The topological polar surface area (TPSA) is 69.4 Å². The van der Waals surface area contributed by atoms with Gasteiger partial charge < -0.3 is 10.5 Å². The molecular weight excluding hydrogens is 262 g/mol. The van der Waals surface area contributed by atoms with E-state index in [2.05, 4.69) is 0 Å². The fourth-order valence-electron chi connectivity index (χ4n) is 2.05. The number of ether oxygens (including phenoxy) is 1. The van der Waals surface area contributed by atoms with Gasteiger partial charge in [-0.15, -0.1) is 0 Å². The predicted molar refractivity (Wildman–Crippen MR) is 77.1 cm³/mol. The first kappa shape index (κ1) is 16.1. The van der Waals surface area contributed by atoms with E-state index in [9.17, 15) is 8.42 Å². The Morgan fingerprint density at radius 2 is 2.00 bits per heavy atom. The van der Waals surface area contributed by atoms with Crippen LogP contribution in [0.4, 0.5) is 0 Å². The molecule has 0 bridgehead atoms. The van der Waals surface area contributed by atoms with Gasteiger partial charge in [-0.05, 0) is 38.8 Å². The first-order chi connectivity index (χ1) is 8.90. The van der Waals surface area contributed by atoms with E-state index in [1.165, 1.54) is 0 Å². The standard InChI is InChI=1S/C14H23NO3S/c1-4-18-13(10-15)7-8-19(16,17)14-6-5-11(2)9-12(14)3/h5-6,9,13H,4,7-8,10,15H2,1-3H3. The third-order valence-corrected chi connectivity index (χ3v) is 4.94. The molecule has 19 heavy (non-hydrogen) atoms. The zero-order valence-corrected chi connectivity index (χ0v) is 12.7. The minimum absolute atomic E-state index is 0.0682. The summed E-state index contributed by atoms with van der Waals surface area (Å²) < 4.78 is 30.0. The van der Waals surface area contributed by atoms with E-state index in [1.54, 1.807) is 6.07 Å². The molecule has 0 aromatic heterocycles. The van der Waals surface area contributed by atoms with Crippen LogP contribution in [0.2, 0.25) is 0 Å². The van der Waals surface area contributed by atoms with Gasteiger partial charge in [-0.1, -0.05) is 17.7 Å². The summed E-state index contributed by atoms with van der Waals surface area (Å²) in [5.41, 5.74) is 7.41. The minimum atomic E-state index is -3.27. The Bertz CT molecular complexity index is 511. The summed E-state index contributed by atoms with van der Waals surface area (Å²) in [5.74, 6) is 0.0682. The monoisotopic (exact) mass is 285 g/mol. The van der Waals surface area contributed by atoms with E-state index < -0.39 is 9.84 Å². The molecule has 0 amide bonds. The van der Waals surface area contributed by atoms with Crippen LogP contribution in [0.15, 0.2) is 23.1 Å². The second-order valence-corrected chi connectivity index (χ2v) is 6.77. The van der Waals surface area contributed by atoms with Crippen molar-refractivity contribution in [2.24, 2.45) is 5.73 Å². The van der Waals surface area contributed by atoms with Crippen molar-refractivity contribution in [1.29, 1.82) is 0 Å². The molecule has 0 fully saturated rings. The Morgan fingerprint density at radius 3 is 2.53 bits per heavy atom. The quantitative estimate of drug-likeness (QED) is 0.830. The van der Waals surface area contributed by atoms with Crippen LogP contribution in [0.5, 0.6) is 0 Å². The summed E-state index contributed by atoms with van der Waals surface area (Å²) in [4.78, 5) is 0.408. The average molecular weight is 285 g/mol. The zero-order valence-electron chi connectivity index (χ0n) is 11.8. The molecule has 1 unspecified atom stereocenters. The van der Waals surface area contributed by atoms with Crippen molar-refractivity contribution in [3.8, 4) is 0 Å². The van der Waals surface area contributed by atoms with Crippen molar-refractivity contribution in [3.63, 3.8) is 0 Å². The van der Waals surface area contributed by atoms with Gasteiger partial charge in [-0.2, -0.15) is 0 Å². The number of rotatable bonds is 7. The second-order valence-electron chi connectivity index (χ2n) is 4.69. The Balaban J connectivity index is 2.81. The van der Waals surface area contributed by atoms with Gasteiger partial charge in [-0.3, -0.25) is 0 Å². The number of benzene rings is 1. The minimum Gasteiger partial charge on any atom is -0.377 e. The van der Waals surface area contributed by atoms with Crippen molar-refractivity contribution in [2.75, 3.05) is 18.9 Å². The first-order valence-electron chi connectivity index (χ1n) is 6.52. The smallest absolute Gasteiger partial charge is 0.178 e. The number of sulfone groups is 1. The molecule has 2 N–H and O–H groups in total. The fraction of sp³-hybridized carbons (Fsp3) is 0.571. The Morgan fingerprint density at radius 1 is 1.32 bits per heavy atom. The molecule has 0 aliphatic heterocycles. The van der Waals surface area contributed by atoms with Crippen LogP contribution in [0.25, 0.3) is 0 Å². The highest BCUT2D eigenvalue weighted by Crippen LogP contribution is 2.19. The average Bonchev–Trinajstić information content (AvgIpc) is 2.34. The molecule has 108 valence electrons. The van der Waals surface area contributed by atoms with Crippen LogP contribution in [0.1, 0.15) is 24.5 Å². The van der Waals surface area contributed by atoms with E-state index in [0.29, 0.717) is 24.5 Å². The second kappa shape index (κ2) is 7.03. The highest BCUT2D eigenvalue weighted by molar-refractivity contribution is 7.91. The Hall–Kier alpha value is -0.910. The van der Waals surface area contributed by atoms with Crippen molar-refractivity contribution in [3.05, 3.63) is 29.3 Å². The van der Waals surface area contributed by atoms with Gasteiger partial charge in [0, 0.05) is 13.2 Å². The van der Waals surface area contributed by atoms with Crippen LogP contribution < -0.4 is 5.73 Å². The lowest BCUT2D eigenvalue weighted by molar-refractivity contribution is 0.0671. The molecule has 4 nitrogen and oxygen atoms in total. The predicted octanol–water partition coefficient (Wildman–Crippen LogP) is 1.83. The molecular formula is C14H23NO3S. The fourth-order valence-corrected chi connectivity index (χ4v) is 3.67. The maximum atomic E-state index is 12.3. The van der Waals surface area contributed by atoms with Gasteiger partial charge in [0.25, 0.3) is 0 Å². The Labute approximate surface area is 115 Å². The first-order valence-corrected chi connectivity index (χ1v) is 8.17. The summed E-state index contributed by atoms with van der Waals surface area (Å²) in [7, 11) is -3.27. The number of aryl methyl sites for hydroxylation is 2. The van der Waals surface area contributed by atoms with Gasteiger partial charge in [0.05, 0.1) is 16.8 Å². The summed E-state index contributed by atoms with van der Waals surface area (Å²) in [6.45, 7) is 6.54.